The number of carbonyl (C=O) groups excluding carboxylic acids is 2. The molecule has 1 aromatic heterocycles. The second-order valence-corrected chi connectivity index (χ2v) is 2.99. The van der Waals surface area contributed by atoms with E-state index >= 15 is 0 Å². The highest BCUT2D eigenvalue weighted by molar-refractivity contribution is 7.17. The molecule has 11 heavy (non-hydrogen) atoms. The highest BCUT2D eigenvalue weighted by atomic mass is 35.5. The summed E-state index contributed by atoms with van der Waals surface area (Å²) in [6.45, 7) is 0. The third-order valence-corrected chi connectivity index (χ3v) is 1.78. The maximum Gasteiger partial charge on any atom is 0.319 e. The SMILES string of the molecule is O=Cc1cnc(NC(=O)Cl)s1. The molecule has 0 aromatic carbocycles. The van der Waals surface area contributed by atoms with Gasteiger partial charge in [-0.25, -0.2) is 4.98 Å². The van der Waals surface area contributed by atoms with Crippen molar-refractivity contribution >= 4 is 39.7 Å². The van der Waals surface area contributed by atoms with Crippen molar-refractivity contribution in [2.75, 3.05) is 5.32 Å². The van der Waals surface area contributed by atoms with Crippen molar-refractivity contribution in [3.05, 3.63) is 11.1 Å². The van der Waals surface area contributed by atoms with Crippen LogP contribution >= 0.6 is 22.9 Å². The van der Waals surface area contributed by atoms with E-state index in [0.29, 0.717) is 16.3 Å². The summed E-state index contributed by atoms with van der Waals surface area (Å²) in [4.78, 5) is 24.5. The van der Waals surface area contributed by atoms with Crippen LogP contribution in [0.3, 0.4) is 0 Å². The lowest BCUT2D eigenvalue weighted by atomic mass is 10.6. The third kappa shape index (κ3) is 2.28. The Morgan fingerprint density at radius 1 is 1.82 bits per heavy atom. The molecule has 58 valence electrons. The van der Waals surface area contributed by atoms with Gasteiger partial charge in [0.05, 0.1) is 11.1 Å². The molecular weight excluding hydrogens is 188 g/mol. The molecule has 6 heteroatoms. The summed E-state index contributed by atoms with van der Waals surface area (Å²) >= 11 is 6.06. The fraction of sp³-hybridized carbons (Fsp3) is 0. The van der Waals surface area contributed by atoms with Crippen LogP contribution in [-0.2, 0) is 0 Å². The monoisotopic (exact) mass is 190 g/mol. The molecule has 0 aliphatic rings. The summed E-state index contributed by atoms with van der Waals surface area (Å²) < 4.78 is 0. The Labute approximate surface area is 71.2 Å². The van der Waals surface area contributed by atoms with Crippen molar-refractivity contribution in [1.82, 2.24) is 4.98 Å². The Balaban J connectivity index is 2.72. The first-order valence-electron chi connectivity index (χ1n) is 2.60. The van der Waals surface area contributed by atoms with Crippen LogP contribution in [0.1, 0.15) is 9.67 Å². The molecule has 0 bridgehead atoms. The summed E-state index contributed by atoms with van der Waals surface area (Å²) in [5, 5.41) is 1.85. The Hall–Kier alpha value is -0.940. The molecule has 1 rings (SSSR count). The van der Waals surface area contributed by atoms with E-state index in [2.05, 4.69) is 10.3 Å². The van der Waals surface area contributed by atoms with Gasteiger partial charge in [-0.1, -0.05) is 11.3 Å². The number of amides is 1. The second kappa shape index (κ2) is 3.45. The summed E-state index contributed by atoms with van der Waals surface area (Å²) in [5.41, 5.74) is 0. The molecule has 0 aliphatic heterocycles. The van der Waals surface area contributed by atoms with Gasteiger partial charge in [-0.2, -0.15) is 0 Å². The van der Waals surface area contributed by atoms with Crippen molar-refractivity contribution in [2.45, 2.75) is 0 Å². The first-order chi connectivity index (χ1) is 5.22. The van der Waals surface area contributed by atoms with E-state index in [0.717, 1.165) is 11.3 Å². The zero-order chi connectivity index (χ0) is 8.27. The smallest absolute Gasteiger partial charge is 0.297 e. The highest BCUT2D eigenvalue weighted by Crippen LogP contribution is 2.16. The maximum absolute atomic E-state index is 10.2. The van der Waals surface area contributed by atoms with Crippen LogP contribution in [0.4, 0.5) is 9.93 Å². The lowest BCUT2D eigenvalue weighted by Gasteiger charge is -1.89. The van der Waals surface area contributed by atoms with Gasteiger partial charge in [-0.3, -0.25) is 14.9 Å². The van der Waals surface area contributed by atoms with Crippen LogP contribution < -0.4 is 5.32 Å². The molecule has 1 amide bonds. The Morgan fingerprint density at radius 3 is 3.00 bits per heavy atom. The fourth-order valence-electron chi connectivity index (χ4n) is 0.483. The average Bonchev–Trinajstić information content (AvgIpc) is 2.34. The first-order valence-corrected chi connectivity index (χ1v) is 3.79. The summed E-state index contributed by atoms with van der Waals surface area (Å²) in [6, 6.07) is 0. The molecular formula is C5H3ClN2O2S. The number of anilines is 1. The van der Waals surface area contributed by atoms with E-state index in [1.807, 2.05) is 0 Å². The molecule has 1 heterocycles. The van der Waals surface area contributed by atoms with Gasteiger partial charge in [-0.15, -0.1) is 0 Å². The van der Waals surface area contributed by atoms with Gasteiger partial charge in [0.25, 0.3) is 0 Å². The van der Waals surface area contributed by atoms with E-state index < -0.39 is 5.37 Å². The molecule has 0 saturated carbocycles. The average molecular weight is 191 g/mol. The van der Waals surface area contributed by atoms with E-state index in [9.17, 15) is 9.59 Å². The van der Waals surface area contributed by atoms with Gasteiger partial charge in [-0.05, 0) is 11.6 Å². The normalized spacial score (nSPS) is 9.18. The lowest BCUT2D eigenvalue weighted by Crippen LogP contribution is -1.99. The number of nitrogens with zero attached hydrogens (tertiary/aromatic N) is 1. The van der Waals surface area contributed by atoms with Crippen LogP contribution in [0, 0.1) is 0 Å². The first kappa shape index (κ1) is 8.16. The maximum atomic E-state index is 10.2. The van der Waals surface area contributed by atoms with Crippen LogP contribution in [0.2, 0.25) is 0 Å². The Kier molecular flexibility index (Phi) is 2.56. The van der Waals surface area contributed by atoms with Gasteiger partial charge >= 0.3 is 5.37 Å². The molecule has 0 unspecified atom stereocenters. The summed E-state index contributed by atoms with van der Waals surface area (Å²) in [6.07, 6.45) is 2.02. The second-order valence-electron chi connectivity index (χ2n) is 1.58. The number of rotatable bonds is 2. The standard InChI is InChI=1S/C5H3ClN2O2S/c6-4(10)8-5-7-1-3(2-9)11-5/h1-2H,(H,7,8,10). The minimum absolute atomic E-state index is 0.326. The van der Waals surface area contributed by atoms with E-state index in [-0.39, 0.29) is 0 Å². The van der Waals surface area contributed by atoms with Crippen molar-refractivity contribution in [3.63, 3.8) is 0 Å². The topological polar surface area (TPSA) is 59.1 Å². The predicted octanol–water partition coefficient (Wildman–Crippen LogP) is 1.73. The molecule has 1 N–H and O–H groups in total. The van der Waals surface area contributed by atoms with Crippen molar-refractivity contribution in [1.29, 1.82) is 0 Å². The Bertz CT molecular complexity index is 286. The van der Waals surface area contributed by atoms with Crippen molar-refractivity contribution in [2.24, 2.45) is 0 Å². The number of thiazole rings is 1. The number of nitrogens with one attached hydrogen (secondary N) is 1. The number of aromatic nitrogens is 1. The molecule has 0 saturated heterocycles. The number of hydrogen-bond acceptors (Lipinski definition) is 4. The van der Waals surface area contributed by atoms with Gasteiger partial charge in [0.15, 0.2) is 11.4 Å². The molecule has 0 aliphatic carbocycles. The van der Waals surface area contributed by atoms with Crippen LogP contribution in [0.5, 0.6) is 0 Å². The van der Waals surface area contributed by atoms with Crippen LogP contribution in [0.15, 0.2) is 6.20 Å². The van der Waals surface area contributed by atoms with Gasteiger partial charge in [0, 0.05) is 0 Å². The zero-order valence-corrected chi connectivity index (χ0v) is 6.78. The van der Waals surface area contributed by atoms with E-state index in [1.165, 1.54) is 6.20 Å². The molecule has 0 radical (unpaired) electrons. The largest absolute Gasteiger partial charge is 0.319 e. The number of halogens is 1. The molecule has 1 aromatic rings. The minimum Gasteiger partial charge on any atom is -0.297 e. The number of hydrogen-bond donors (Lipinski definition) is 1. The predicted molar refractivity (Wildman–Crippen MR) is 42.4 cm³/mol. The molecule has 4 nitrogen and oxygen atoms in total. The van der Waals surface area contributed by atoms with Crippen LogP contribution in [-0.4, -0.2) is 16.6 Å². The van der Waals surface area contributed by atoms with E-state index in [4.69, 9.17) is 11.6 Å². The Morgan fingerprint density at radius 2 is 2.55 bits per heavy atom. The molecule has 0 fully saturated rings. The molecule has 0 atom stereocenters. The fourth-order valence-corrected chi connectivity index (χ4v) is 1.25. The third-order valence-electron chi connectivity index (χ3n) is 0.845. The van der Waals surface area contributed by atoms with Gasteiger partial charge in [0.2, 0.25) is 0 Å². The van der Waals surface area contributed by atoms with Crippen molar-refractivity contribution < 1.29 is 9.59 Å². The highest BCUT2D eigenvalue weighted by Gasteiger charge is 2.02. The van der Waals surface area contributed by atoms with Crippen LogP contribution in [0.25, 0.3) is 0 Å². The molecule has 0 spiro atoms. The summed E-state index contributed by atoms with van der Waals surface area (Å²) in [7, 11) is 0. The lowest BCUT2D eigenvalue weighted by molar-refractivity contribution is 0.112. The van der Waals surface area contributed by atoms with E-state index in [1.54, 1.807) is 0 Å². The summed E-state index contributed by atoms with van der Waals surface area (Å²) in [5.74, 6) is 0. The number of aldehydes is 1. The van der Waals surface area contributed by atoms with Gasteiger partial charge in [0.1, 0.15) is 0 Å². The van der Waals surface area contributed by atoms with Gasteiger partial charge < -0.3 is 0 Å². The minimum atomic E-state index is -0.711. The zero-order valence-electron chi connectivity index (χ0n) is 5.20. The number of carbonyl (C=O) groups is 2. The quantitative estimate of drug-likeness (QED) is 0.439. The van der Waals surface area contributed by atoms with Crippen molar-refractivity contribution in [3.8, 4) is 0 Å².